The van der Waals surface area contributed by atoms with Crippen molar-refractivity contribution < 1.29 is 4.79 Å². The first-order valence-corrected chi connectivity index (χ1v) is 11.1. The quantitative estimate of drug-likeness (QED) is 0.846. The number of hydrogen-bond acceptors (Lipinski definition) is 5. The van der Waals surface area contributed by atoms with E-state index >= 15 is 0 Å². The molecule has 1 N–H and O–H groups in total. The number of fused-ring (bicyclic) bond motifs is 1. The molecule has 4 fully saturated rings. The maximum atomic E-state index is 12.4. The summed E-state index contributed by atoms with van der Waals surface area (Å²) in [6, 6.07) is 0. The van der Waals surface area contributed by atoms with Crippen molar-refractivity contribution in [2.75, 3.05) is 39.0 Å². The molecule has 0 aromatic carbocycles. The number of aromatic nitrogens is 2. The standard InChI is InChI=1S/C22H33N5O/c1-26(2)12-21(28)27-4-3-18-20(11-27)24-13-25-22(18)23-10-19-16-6-14-5-15(8-16)9-17(19)7-14/h13-17,19H,3-12H2,1-2H3,(H,23,24,25). The van der Waals surface area contributed by atoms with Gasteiger partial charge in [0.05, 0.1) is 18.8 Å². The van der Waals surface area contributed by atoms with E-state index in [9.17, 15) is 4.79 Å². The van der Waals surface area contributed by atoms with Crippen molar-refractivity contribution >= 4 is 11.7 Å². The van der Waals surface area contributed by atoms with E-state index in [1.165, 1.54) is 37.7 Å². The lowest BCUT2D eigenvalue weighted by Crippen LogP contribution is -2.47. The second kappa shape index (κ2) is 7.29. The van der Waals surface area contributed by atoms with Crippen LogP contribution in [0.4, 0.5) is 5.82 Å². The summed E-state index contributed by atoms with van der Waals surface area (Å²) < 4.78 is 0. The van der Waals surface area contributed by atoms with E-state index in [1.54, 1.807) is 6.33 Å². The van der Waals surface area contributed by atoms with E-state index in [0.29, 0.717) is 13.1 Å². The Morgan fingerprint density at radius 1 is 1.14 bits per heavy atom. The van der Waals surface area contributed by atoms with Gasteiger partial charge in [-0.3, -0.25) is 4.79 Å². The van der Waals surface area contributed by atoms with Crippen LogP contribution in [0.1, 0.15) is 43.4 Å². The van der Waals surface area contributed by atoms with Crippen molar-refractivity contribution in [3.63, 3.8) is 0 Å². The van der Waals surface area contributed by atoms with E-state index in [-0.39, 0.29) is 5.91 Å². The fraction of sp³-hybridized carbons (Fsp3) is 0.773. The van der Waals surface area contributed by atoms with Crippen LogP contribution < -0.4 is 5.32 Å². The Bertz CT molecular complexity index is 720. The van der Waals surface area contributed by atoms with Gasteiger partial charge in [0.25, 0.3) is 0 Å². The highest BCUT2D eigenvalue weighted by Gasteiger charge is 2.47. The molecule has 4 aliphatic carbocycles. The number of nitrogens with one attached hydrogen (secondary N) is 1. The lowest BCUT2D eigenvalue weighted by molar-refractivity contribution is -0.132. The number of hydrogen-bond donors (Lipinski definition) is 1. The molecule has 28 heavy (non-hydrogen) atoms. The van der Waals surface area contributed by atoms with Crippen molar-refractivity contribution in [3.05, 3.63) is 17.6 Å². The van der Waals surface area contributed by atoms with Crippen LogP contribution in [0.2, 0.25) is 0 Å². The van der Waals surface area contributed by atoms with Gasteiger partial charge in [0, 0.05) is 18.7 Å². The van der Waals surface area contributed by atoms with Crippen LogP contribution in [-0.2, 0) is 17.8 Å². The second-order valence-corrected chi connectivity index (χ2v) is 9.93. The van der Waals surface area contributed by atoms with Crippen molar-refractivity contribution in [1.82, 2.24) is 19.8 Å². The minimum atomic E-state index is 0.178. The van der Waals surface area contributed by atoms with Crippen molar-refractivity contribution in [3.8, 4) is 0 Å². The van der Waals surface area contributed by atoms with Crippen LogP contribution in [0.15, 0.2) is 6.33 Å². The minimum absolute atomic E-state index is 0.178. The predicted octanol–water partition coefficient (Wildman–Crippen LogP) is 2.41. The monoisotopic (exact) mass is 383 g/mol. The smallest absolute Gasteiger partial charge is 0.237 e. The first-order chi connectivity index (χ1) is 13.6. The highest BCUT2D eigenvalue weighted by Crippen LogP contribution is 2.56. The highest BCUT2D eigenvalue weighted by atomic mass is 16.2. The number of amides is 1. The van der Waals surface area contributed by atoms with Crippen LogP contribution in [0, 0.1) is 29.6 Å². The fourth-order valence-electron chi connectivity index (χ4n) is 6.68. The summed E-state index contributed by atoms with van der Waals surface area (Å²) in [7, 11) is 3.87. The van der Waals surface area contributed by atoms with Gasteiger partial charge in [0.15, 0.2) is 0 Å². The van der Waals surface area contributed by atoms with Crippen LogP contribution in [-0.4, -0.2) is 59.4 Å². The van der Waals surface area contributed by atoms with E-state index < -0.39 is 0 Å². The van der Waals surface area contributed by atoms with Crippen LogP contribution in [0.3, 0.4) is 0 Å². The molecule has 0 radical (unpaired) electrons. The molecular formula is C22H33N5O. The molecule has 6 rings (SSSR count). The molecule has 6 heteroatoms. The van der Waals surface area contributed by atoms with Gasteiger partial charge >= 0.3 is 0 Å². The van der Waals surface area contributed by atoms with Crippen molar-refractivity contribution in [1.29, 1.82) is 0 Å². The number of carbonyl (C=O) groups excluding carboxylic acids is 1. The summed E-state index contributed by atoms with van der Waals surface area (Å²) in [5, 5.41) is 3.71. The molecule has 6 nitrogen and oxygen atoms in total. The molecule has 0 unspecified atom stereocenters. The van der Waals surface area contributed by atoms with Crippen LogP contribution >= 0.6 is 0 Å². The Hall–Kier alpha value is -1.69. The Kier molecular flexibility index (Phi) is 4.77. The molecule has 1 amide bonds. The minimum Gasteiger partial charge on any atom is -0.369 e. The number of nitrogens with zero attached hydrogens (tertiary/aromatic N) is 4. The van der Waals surface area contributed by atoms with Gasteiger partial charge in [0.1, 0.15) is 12.1 Å². The summed E-state index contributed by atoms with van der Waals surface area (Å²) in [6.07, 6.45) is 9.87. The normalized spacial score (nSPS) is 33.2. The number of carbonyl (C=O) groups is 1. The lowest BCUT2D eigenvalue weighted by atomic mass is 9.52. The van der Waals surface area contributed by atoms with Crippen molar-refractivity contribution in [2.24, 2.45) is 29.6 Å². The van der Waals surface area contributed by atoms with E-state index in [2.05, 4.69) is 15.3 Å². The number of anilines is 1. The Morgan fingerprint density at radius 2 is 1.86 bits per heavy atom. The molecule has 4 saturated carbocycles. The molecule has 1 aromatic heterocycles. The zero-order chi connectivity index (χ0) is 19.3. The summed E-state index contributed by atoms with van der Waals surface area (Å²) in [5.41, 5.74) is 2.24. The SMILES string of the molecule is CN(C)CC(=O)N1CCc2c(ncnc2NCC2C3CC4CC(C3)CC2C4)C1. The molecule has 1 aromatic rings. The van der Waals surface area contributed by atoms with Crippen LogP contribution in [0.5, 0.6) is 0 Å². The first-order valence-electron chi connectivity index (χ1n) is 11.1. The Morgan fingerprint density at radius 3 is 2.54 bits per heavy atom. The third-order valence-electron chi connectivity index (χ3n) is 7.74. The summed E-state index contributed by atoms with van der Waals surface area (Å²) in [5.74, 6) is 5.92. The molecule has 152 valence electrons. The van der Waals surface area contributed by atoms with Gasteiger partial charge in [-0.25, -0.2) is 9.97 Å². The lowest BCUT2D eigenvalue weighted by Gasteiger charge is -2.54. The van der Waals surface area contributed by atoms with Gasteiger partial charge in [-0.2, -0.15) is 0 Å². The fourth-order valence-corrected chi connectivity index (χ4v) is 6.68. The van der Waals surface area contributed by atoms with Crippen LogP contribution in [0.25, 0.3) is 0 Å². The molecule has 0 saturated heterocycles. The van der Waals surface area contributed by atoms with Gasteiger partial charge in [0.2, 0.25) is 5.91 Å². The topological polar surface area (TPSA) is 61.4 Å². The summed E-state index contributed by atoms with van der Waals surface area (Å²) >= 11 is 0. The largest absolute Gasteiger partial charge is 0.369 e. The van der Waals surface area contributed by atoms with E-state index in [1.807, 2.05) is 23.9 Å². The Labute approximate surface area is 168 Å². The molecule has 0 spiro atoms. The molecule has 4 bridgehead atoms. The zero-order valence-electron chi connectivity index (χ0n) is 17.2. The Balaban J connectivity index is 1.25. The molecule has 0 atom stereocenters. The van der Waals surface area contributed by atoms with E-state index in [4.69, 9.17) is 0 Å². The first kappa shape index (κ1) is 18.3. The van der Waals surface area contributed by atoms with Crippen molar-refractivity contribution in [2.45, 2.75) is 45.1 Å². The predicted molar refractivity (Wildman–Crippen MR) is 109 cm³/mol. The average molecular weight is 384 g/mol. The third-order valence-corrected chi connectivity index (χ3v) is 7.74. The molecular weight excluding hydrogens is 350 g/mol. The second-order valence-electron chi connectivity index (χ2n) is 9.93. The molecule has 2 heterocycles. The number of likely N-dealkylation sites (N-methyl/N-ethyl adjacent to an activating group) is 1. The van der Waals surface area contributed by atoms with E-state index in [0.717, 1.165) is 60.6 Å². The average Bonchev–Trinajstić information content (AvgIpc) is 2.66. The maximum Gasteiger partial charge on any atom is 0.237 e. The zero-order valence-corrected chi connectivity index (χ0v) is 17.2. The van der Waals surface area contributed by atoms with Gasteiger partial charge in [-0.15, -0.1) is 0 Å². The summed E-state index contributed by atoms with van der Waals surface area (Å²) in [6.45, 7) is 2.89. The number of rotatable bonds is 5. The van der Waals surface area contributed by atoms with Gasteiger partial charge in [-0.05, 0) is 82.2 Å². The third kappa shape index (κ3) is 3.40. The maximum absolute atomic E-state index is 12.4. The van der Waals surface area contributed by atoms with Gasteiger partial charge in [-0.1, -0.05) is 0 Å². The summed E-state index contributed by atoms with van der Waals surface area (Å²) in [4.78, 5) is 25.3. The molecule has 5 aliphatic rings. The van der Waals surface area contributed by atoms with Gasteiger partial charge < -0.3 is 15.1 Å². The highest BCUT2D eigenvalue weighted by molar-refractivity contribution is 5.78. The molecule has 1 aliphatic heterocycles.